The van der Waals surface area contributed by atoms with Gasteiger partial charge in [-0.05, 0) is 27.7 Å². The Morgan fingerprint density at radius 1 is 1.28 bits per heavy atom. The summed E-state index contributed by atoms with van der Waals surface area (Å²) in [5.74, 6) is -0.841. The third-order valence-electron chi connectivity index (χ3n) is 1.98. The van der Waals surface area contributed by atoms with Crippen LogP contribution in [0.4, 0.5) is 8.68 Å². The molecule has 0 aliphatic heterocycles. The van der Waals surface area contributed by atoms with Crippen molar-refractivity contribution >= 4 is 16.3 Å². The van der Waals surface area contributed by atoms with Crippen LogP contribution in [0.2, 0.25) is 0 Å². The number of ether oxygens (including phenoxy) is 2. The minimum atomic E-state index is -4.69. The molecule has 0 bridgehead atoms. The predicted molar refractivity (Wildman–Crippen MR) is 64.5 cm³/mol. The topological polar surface area (TPSA) is 81.7 Å². The van der Waals surface area contributed by atoms with Crippen molar-refractivity contribution in [3.05, 3.63) is 0 Å². The average Bonchev–Trinajstić information content (AvgIpc) is 2.09. The molecule has 0 saturated carbocycles. The molecule has 0 aromatic heterocycles. The molecule has 1 amide bonds. The van der Waals surface area contributed by atoms with Crippen LogP contribution in [0, 0.1) is 0 Å². The van der Waals surface area contributed by atoms with Crippen molar-refractivity contribution in [2.45, 2.75) is 38.9 Å². The van der Waals surface area contributed by atoms with E-state index >= 15 is 0 Å². The summed E-state index contributed by atoms with van der Waals surface area (Å²) < 4.78 is 43.7. The zero-order valence-corrected chi connectivity index (χ0v) is 12.1. The molecule has 0 aromatic rings. The van der Waals surface area contributed by atoms with Crippen LogP contribution in [0.3, 0.4) is 0 Å². The second kappa shape index (κ2) is 5.83. The van der Waals surface area contributed by atoms with Crippen LogP contribution < -0.4 is 5.32 Å². The molecule has 0 aliphatic rings. The van der Waals surface area contributed by atoms with E-state index < -0.39 is 33.3 Å². The number of amides is 1. The van der Waals surface area contributed by atoms with Gasteiger partial charge in [-0.2, -0.15) is 8.42 Å². The van der Waals surface area contributed by atoms with Gasteiger partial charge in [-0.1, -0.05) is 0 Å². The van der Waals surface area contributed by atoms with Crippen LogP contribution in [0.15, 0.2) is 0 Å². The summed E-state index contributed by atoms with van der Waals surface area (Å²) in [4.78, 5) is 11.4. The number of methoxy groups -OCH3 is 1. The number of carbonyl (C=O) groups excluding carboxylic acids is 1. The Kier molecular flexibility index (Phi) is 5.55. The van der Waals surface area contributed by atoms with Gasteiger partial charge in [0, 0.05) is 7.11 Å². The van der Waals surface area contributed by atoms with E-state index in [0.29, 0.717) is 0 Å². The van der Waals surface area contributed by atoms with Crippen molar-refractivity contribution < 1.29 is 26.6 Å². The van der Waals surface area contributed by atoms with Crippen LogP contribution in [-0.2, 0) is 19.7 Å². The Morgan fingerprint density at radius 3 is 2.11 bits per heavy atom. The fourth-order valence-electron chi connectivity index (χ4n) is 1.12. The van der Waals surface area contributed by atoms with E-state index in [1.165, 1.54) is 14.0 Å². The Labute approximate surface area is 107 Å². The molecule has 18 heavy (non-hydrogen) atoms. The predicted octanol–water partition coefficient (Wildman–Crippen LogP) is 1.22. The molecule has 0 rings (SSSR count). The maximum atomic E-state index is 12.6. The normalized spacial score (nSPS) is 15.9. The number of rotatable bonds is 5. The monoisotopic (exact) mass is 285 g/mol. The van der Waals surface area contributed by atoms with Gasteiger partial charge < -0.3 is 14.8 Å². The molecule has 0 spiro atoms. The Balaban J connectivity index is 4.44. The number of hydrogen-bond acceptors (Lipinski definition) is 5. The van der Waals surface area contributed by atoms with Crippen LogP contribution in [0.5, 0.6) is 0 Å². The molecular formula is C10H20FNO5S. The lowest BCUT2D eigenvalue weighted by atomic mass is 10.1. The number of halogens is 1. The van der Waals surface area contributed by atoms with Gasteiger partial charge in [0.2, 0.25) is 0 Å². The zero-order valence-electron chi connectivity index (χ0n) is 11.2. The maximum absolute atomic E-state index is 12.6. The summed E-state index contributed by atoms with van der Waals surface area (Å²) in [6.07, 6.45) is -0.720. The molecule has 8 heteroatoms. The van der Waals surface area contributed by atoms with E-state index in [4.69, 9.17) is 9.47 Å². The van der Waals surface area contributed by atoms with Crippen LogP contribution in [-0.4, -0.2) is 45.1 Å². The molecule has 0 fully saturated rings. The molecule has 0 aliphatic carbocycles. The quantitative estimate of drug-likeness (QED) is 0.768. The Hall–Kier alpha value is -0.890. The highest BCUT2D eigenvalue weighted by molar-refractivity contribution is 7.86. The van der Waals surface area contributed by atoms with Gasteiger partial charge >= 0.3 is 16.3 Å². The fraction of sp³-hybridized carbons (Fsp3) is 0.900. The average molecular weight is 285 g/mol. The number of hydrogen-bond donors (Lipinski definition) is 1. The number of alkyl carbamates (subject to hydrolysis) is 1. The van der Waals surface area contributed by atoms with Gasteiger partial charge in [0.1, 0.15) is 11.4 Å². The Morgan fingerprint density at radius 2 is 1.78 bits per heavy atom. The van der Waals surface area contributed by atoms with Crippen molar-refractivity contribution in [3.63, 3.8) is 0 Å². The second-order valence-electron chi connectivity index (χ2n) is 5.19. The minimum Gasteiger partial charge on any atom is -0.444 e. The SMILES string of the molecule is COC(C)(CNC(=O)OC(C)(C)C)CS(=O)(=O)F. The number of nitrogens with one attached hydrogen (secondary N) is 1. The summed E-state index contributed by atoms with van der Waals surface area (Å²) >= 11 is 0. The van der Waals surface area contributed by atoms with E-state index in [1.54, 1.807) is 20.8 Å². The van der Waals surface area contributed by atoms with Gasteiger partial charge in [-0.15, -0.1) is 3.89 Å². The van der Waals surface area contributed by atoms with Crippen LogP contribution in [0.25, 0.3) is 0 Å². The van der Waals surface area contributed by atoms with E-state index in [9.17, 15) is 17.1 Å². The minimum absolute atomic E-state index is 0.179. The van der Waals surface area contributed by atoms with E-state index in [2.05, 4.69) is 5.32 Å². The third-order valence-corrected chi connectivity index (χ3v) is 2.93. The lowest BCUT2D eigenvalue weighted by molar-refractivity contribution is 0.0154. The zero-order chi connectivity index (χ0) is 14.6. The van der Waals surface area contributed by atoms with Crippen LogP contribution in [0.1, 0.15) is 27.7 Å². The van der Waals surface area contributed by atoms with Gasteiger partial charge in [0.15, 0.2) is 0 Å². The van der Waals surface area contributed by atoms with Crippen molar-refractivity contribution in [2.24, 2.45) is 0 Å². The lowest BCUT2D eigenvalue weighted by Crippen LogP contribution is -2.47. The molecule has 1 unspecified atom stereocenters. The second-order valence-corrected chi connectivity index (χ2v) is 6.56. The highest BCUT2D eigenvalue weighted by Crippen LogP contribution is 2.13. The first kappa shape index (κ1) is 17.1. The molecular weight excluding hydrogens is 265 g/mol. The molecule has 0 radical (unpaired) electrons. The number of carbonyl (C=O) groups is 1. The van der Waals surface area contributed by atoms with Crippen molar-refractivity contribution in [1.82, 2.24) is 5.32 Å². The first-order valence-electron chi connectivity index (χ1n) is 5.31. The maximum Gasteiger partial charge on any atom is 0.407 e. The van der Waals surface area contributed by atoms with E-state index in [0.717, 1.165) is 0 Å². The highest BCUT2D eigenvalue weighted by Gasteiger charge is 2.32. The first-order valence-corrected chi connectivity index (χ1v) is 6.86. The van der Waals surface area contributed by atoms with Gasteiger partial charge in [-0.25, -0.2) is 4.79 Å². The van der Waals surface area contributed by atoms with Crippen molar-refractivity contribution in [2.75, 3.05) is 19.4 Å². The van der Waals surface area contributed by atoms with Gasteiger partial charge in [-0.3, -0.25) is 0 Å². The Bertz CT molecular complexity index is 390. The lowest BCUT2D eigenvalue weighted by Gasteiger charge is -2.27. The summed E-state index contributed by atoms with van der Waals surface area (Å²) in [7, 11) is -3.46. The van der Waals surface area contributed by atoms with E-state index in [-0.39, 0.29) is 6.54 Å². The van der Waals surface area contributed by atoms with Gasteiger partial charge in [0.05, 0.1) is 12.1 Å². The van der Waals surface area contributed by atoms with Crippen molar-refractivity contribution in [3.8, 4) is 0 Å². The summed E-state index contributed by atoms with van der Waals surface area (Å²) in [5.41, 5.74) is -2.01. The highest BCUT2D eigenvalue weighted by atomic mass is 32.3. The molecule has 108 valence electrons. The molecule has 0 aromatic carbocycles. The largest absolute Gasteiger partial charge is 0.444 e. The summed E-state index contributed by atoms with van der Waals surface area (Å²) in [5, 5.41) is 2.34. The fourth-order valence-corrected chi connectivity index (χ4v) is 2.07. The van der Waals surface area contributed by atoms with Crippen molar-refractivity contribution in [1.29, 1.82) is 0 Å². The first-order chi connectivity index (χ1) is 7.87. The third kappa shape index (κ3) is 8.24. The summed E-state index contributed by atoms with van der Waals surface area (Å²) in [6, 6.07) is 0. The molecule has 1 N–H and O–H groups in total. The van der Waals surface area contributed by atoms with E-state index in [1.807, 2.05) is 0 Å². The standard InChI is InChI=1S/C10H20FNO5S/c1-9(2,3)17-8(13)12-6-10(4,16-5)7-18(11,14)15/h6-7H2,1-5H3,(H,12,13). The molecule has 6 nitrogen and oxygen atoms in total. The van der Waals surface area contributed by atoms with Gasteiger partial charge in [0.25, 0.3) is 0 Å². The molecule has 0 heterocycles. The molecule has 1 atom stereocenters. The smallest absolute Gasteiger partial charge is 0.407 e. The van der Waals surface area contributed by atoms with Crippen LogP contribution >= 0.6 is 0 Å². The summed E-state index contributed by atoms with van der Waals surface area (Å²) in [6.45, 7) is 6.26. The molecule has 0 saturated heterocycles.